The van der Waals surface area contributed by atoms with Gasteiger partial charge in [0.1, 0.15) is 0 Å². The topological polar surface area (TPSA) is 40.5 Å². The van der Waals surface area contributed by atoms with Gasteiger partial charge in [-0.15, -0.1) is 0 Å². The Labute approximate surface area is 122 Å². The quantitative estimate of drug-likeness (QED) is 0.700. The Kier molecular flexibility index (Phi) is 7.31. The predicted molar refractivity (Wildman–Crippen MR) is 82.8 cm³/mol. The van der Waals surface area contributed by atoms with Crippen LogP contribution in [0.5, 0.6) is 0 Å². The van der Waals surface area contributed by atoms with Crippen LogP contribution in [0.1, 0.15) is 44.2 Å². The van der Waals surface area contributed by atoms with Crippen LogP contribution < -0.4 is 0 Å². The van der Waals surface area contributed by atoms with Crippen LogP contribution in [0.25, 0.3) is 0 Å². The van der Waals surface area contributed by atoms with Crippen molar-refractivity contribution < 1.29 is 9.90 Å². The highest BCUT2D eigenvalue weighted by Gasteiger charge is 2.16. The molecule has 0 radical (unpaired) electrons. The summed E-state index contributed by atoms with van der Waals surface area (Å²) in [6.07, 6.45) is 3.52. The summed E-state index contributed by atoms with van der Waals surface area (Å²) in [5.74, 6) is -1.03. The molecule has 0 amide bonds. The molecule has 1 rings (SSSR count). The normalized spacial score (nSPS) is 12.6. The summed E-state index contributed by atoms with van der Waals surface area (Å²) in [6, 6.07) is 8.33. The van der Waals surface area contributed by atoms with Crippen LogP contribution >= 0.6 is 0 Å². The van der Waals surface area contributed by atoms with Gasteiger partial charge in [-0.3, -0.25) is 9.69 Å². The van der Waals surface area contributed by atoms with Gasteiger partial charge in [-0.1, -0.05) is 51.0 Å². The lowest BCUT2D eigenvalue weighted by molar-refractivity contribution is -0.141. The molecule has 0 heterocycles. The third-order valence-electron chi connectivity index (χ3n) is 3.69. The van der Waals surface area contributed by atoms with E-state index in [2.05, 4.69) is 30.9 Å². The predicted octanol–water partition coefficient (Wildman–Crippen LogP) is 3.71. The van der Waals surface area contributed by atoms with Gasteiger partial charge in [-0.05, 0) is 31.0 Å². The van der Waals surface area contributed by atoms with E-state index in [0.29, 0.717) is 6.54 Å². The zero-order chi connectivity index (χ0) is 15.0. The van der Waals surface area contributed by atoms with E-state index >= 15 is 0 Å². The molecule has 20 heavy (non-hydrogen) atoms. The van der Waals surface area contributed by atoms with Gasteiger partial charge in [0, 0.05) is 13.1 Å². The molecular weight excluding hydrogens is 250 g/mol. The summed E-state index contributed by atoms with van der Waals surface area (Å²) in [7, 11) is 0. The number of hydrogen-bond acceptors (Lipinski definition) is 2. The first-order chi connectivity index (χ1) is 9.54. The summed E-state index contributed by atoms with van der Waals surface area (Å²) in [5.41, 5.74) is 2.57. The molecule has 1 aromatic rings. The minimum absolute atomic E-state index is 0.319. The molecule has 1 N–H and O–H groups in total. The van der Waals surface area contributed by atoms with Crippen molar-refractivity contribution in [2.75, 3.05) is 13.1 Å². The molecule has 1 aromatic carbocycles. The highest BCUT2D eigenvalue weighted by molar-refractivity contribution is 5.69. The molecule has 3 heteroatoms. The lowest BCUT2D eigenvalue weighted by atomic mass is 10.1. The summed E-state index contributed by atoms with van der Waals surface area (Å²) >= 11 is 0. The van der Waals surface area contributed by atoms with Gasteiger partial charge in [0.2, 0.25) is 0 Å². The molecule has 0 aliphatic rings. The molecule has 0 aromatic heterocycles. The SMILES string of the molecule is CCCCCN(Cc1ccccc1C)CC(C)C(=O)O. The zero-order valence-electron chi connectivity index (χ0n) is 12.9. The van der Waals surface area contributed by atoms with Gasteiger partial charge in [-0.25, -0.2) is 0 Å². The third-order valence-corrected chi connectivity index (χ3v) is 3.69. The van der Waals surface area contributed by atoms with Gasteiger partial charge in [-0.2, -0.15) is 0 Å². The van der Waals surface area contributed by atoms with Crippen molar-refractivity contribution in [3.05, 3.63) is 35.4 Å². The minimum Gasteiger partial charge on any atom is -0.481 e. The Balaban J connectivity index is 2.66. The Bertz CT molecular complexity index is 417. The fourth-order valence-corrected chi connectivity index (χ4v) is 2.31. The van der Waals surface area contributed by atoms with Crippen molar-refractivity contribution in [2.24, 2.45) is 5.92 Å². The average molecular weight is 277 g/mol. The molecule has 0 spiro atoms. The monoisotopic (exact) mass is 277 g/mol. The van der Waals surface area contributed by atoms with Gasteiger partial charge < -0.3 is 5.11 Å². The molecule has 112 valence electrons. The van der Waals surface area contributed by atoms with E-state index in [4.69, 9.17) is 5.11 Å². The number of nitrogens with zero attached hydrogens (tertiary/aromatic N) is 1. The Morgan fingerprint density at radius 3 is 2.60 bits per heavy atom. The first-order valence-corrected chi connectivity index (χ1v) is 7.54. The van der Waals surface area contributed by atoms with Crippen molar-refractivity contribution in [1.29, 1.82) is 0 Å². The molecular formula is C17H27NO2. The number of aryl methyl sites for hydroxylation is 1. The second-order valence-corrected chi connectivity index (χ2v) is 5.61. The molecule has 0 saturated carbocycles. The van der Waals surface area contributed by atoms with Crippen molar-refractivity contribution >= 4 is 5.97 Å². The summed E-state index contributed by atoms with van der Waals surface area (Å²) in [6.45, 7) is 8.51. The molecule has 0 aliphatic carbocycles. The maximum Gasteiger partial charge on any atom is 0.307 e. The van der Waals surface area contributed by atoms with Crippen molar-refractivity contribution in [2.45, 2.75) is 46.6 Å². The van der Waals surface area contributed by atoms with Gasteiger partial charge >= 0.3 is 5.97 Å². The number of carbonyl (C=O) groups is 1. The Morgan fingerprint density at radius 1 is 1.30 bits per heavy atom. The fraction of sp³-hybridized carbons (Fsp3) is 0.588. The first kappa shape index (κ1) is 16.7. The van der Waals surface area contributed by atoms with Crippen molar-refractivity contribution in [1.82, 2.24) is 4.90 Å². The molecule has 3 nitrogen and oxygen atoms in total. The van der Waals surface area contributed by atoms with E-state index < -0.39 is 5.97 Å². The van der Waals surface area contributed by atoms with Gasteiger partial charge in [0.05, 0.1) is 5.92 Å². The standard InChI is InChI=1S/C17H27NO2/c1-4-5-8-11-18(12-15(3)17(19)20)13-16-10-7-6-9-14(16)2/h6-7,9-10,15H,4-5,8,11-13H2,1-3H3,(H,19,20). The Hall–Kier alpha value is -1.35. The van der Waals surface area contributed by atoms with E-state index in [0.717, 1.165) is 19.5 Å². The summed E-state index contributed by atoms with van der Waals surface area (Å²) < 4.78 is 0. The van der Waals surface area contributed by atoms with Crippen molar-refractivity contribution in [3.63, 3.8) is 0 Å². The number of aliphatic carboxylic acids is 1. The van der Waals surface area contributed by atoms with E-state index in [9.17, 15) is 4.79 Å². The van der Waals surface area contributed by atoms with Crippen LogP contribution in [0, 0.1) is 12.8 Å². The molecule has 0 saturated heterocycles. The Morgan fingerprint density at radius 2 is 2.00 bits per heavy atom. The number of carboxylic acids is 1. The van der Waals surface area contributed by atoms with Crippen molar-refractivity contribution in [3.8, 4) is 0 Å². The van der Waals surface area contributed by atoms with E-state index in [1.165, 1.54) is 24.0 Å². The average Bonchev–Trinajstić information content (AvgIpc) is 2.41. The highest BCUT2D eigenvalue weighted by Crippen LogP contribution is 2.13. The summed E-state index contributed by atoms with van der Waals surface area (Å²) in [5, 5.41) is 9.10. The lowest BCUT2D eigenvalue weighted by Crippen LogP contribution is -2.32. The molecule has 0 aliphatic heterocycles. The smallest absolute Gasteiger partial charge is 0.307 e. The second-order valence-electron chi connectivity index (χ2n) is 5.61. The lowest BCUT2D eigenvalue weighted by Gasteiger charge is -2.25. The van der Waals surface area contributed by atoms with Crippen LogP contribution in [-0.4, -0.2) is 29.1 Å². The van der Waals surface area contributed by atoms with E-state index in [1.807, 2.05) is 12.1 Å². The van der Waals surface area contributed by atoms with Gasteiger partial charge in [0.25, 0.3) is 0 Å². The van der Waals surface area contributed by atoms with Crippen LogP contribution in [-0.2, 0) is 11.3 Å². The fourth-order valence-electron chi connectivity index (χ4n) is 2.31. The van der Waals surface area contributed by atoms with E-state index in [1.54, 1.807) is 6.92 Å². The molecule has 1 atom stereocenters. The zero-order valence-corrected chi connectivity index (χ0v) is 12.9. The maximum atomic E-state index is 11.1. The third kappa shape index (κ3) is 5.74. The number of benzene rings is 1. The molecule has 1 unspecified atom stereocenters. The number of unbranched alkanes of at least 4 members (excludes halogenated alkanes) is 2. The largest absolute Gasteiger partial charge is 0.481 e. The maximum absolute atomic E-state index is 11.1. The number of carboxylic acid groups (broad SMARTS) is 1. The second kappa shape index (κ2) is 8.75. The van der Waals surface area contributed by atoms with Crippen LogP contribution in [0.4, 0.5) is 0 Å². The molecule has 0 fully saturated rings. The van der Waals surface area contributed by atoms with Crippen LogP contribution in [0.3, 0.4) is 0 Å². The number of hydrogen-bond donors (Lipinski definition) is 1. The van der Waals surface area contributed by atoms with Crippen LogP contribution in [0.15, 0.2) is 24.3 Å². The van der Waals surface area contributed by atoms with E-state index in [-0.39, 0.29) is 5.92 Å². The minimum atomic E-state index is -0.713. The van der Waals surface area contributed by atoms with Gasteiger partial charge in [0.15, 0.2) is 0 Å². The molecule has 0 bridgehead atoms. The first-order valence-electron chi connectivity index (χ1n) is 7.54. The number of rotatable bonds is 9. The highest BCUT2D eigenvalue weighted by atomic mass is 16.4. The summed E-state index contributed by atoms with van der Waals surface area (Å²) in [4.78, 5) is 13.3. The van der Waals surface area contributed by atoms with Crippen LogP contribution in [0.2, 0.25) is 0 Å².